The minimum absolute atomic E-state index is 0.0152. The van der Waals surface area contributed by atoms with Crippen molar-refractivity contribution in [2.45, 2.75) is 44.4 Å². The smallest absolute Gasteiger partial charge is 0.255 e. The van der Waals surface area contributed by atoms with E-state index in [9.17, 15) is 4.79 Å². The van der Waals surface area contributed by atoms with Crippen molar-refractivity contribution in [1.29, 1.82) is 0 Å². The molecular weight excluding hydrogens is 378 g/mol. The fourth-order valence-corrected chi connectivity index (χ4v) is 3.87. The highest BCUT2D eigenvalue weighted by atomic mass is 16.5. The molecular formula is C23H27N5O2. The normalized spacial score (nSPS) is 18.8. The number of nitrogens with two attached hydrogens (primary N) is 1. The topological polar surface area (TPSA) is 95.1 Å². The lowest BCUT2D eigenvalue weighted by atomic mass is 9.92. The van der Waals surface area contributed by atoms with Gasteiger partial charge in [-0.1, -0.05) is 43.2 Å². The molecule has 7 nitrogen and oxygen atoms in total. The molecule has 1 aliphatic carbocycles. The first-order valence-corrected chi connectivity index (χ1v) is 10.3. The minimum Gasteiger partial charge on any atom is -0.383 e. The molecule has 0 saturated heterocycles. The van der Waals surface area contributed by atoms with Gasteiger partial charge in [-0.2, -0.15) is 5.10 Å². The lowest BCUT2D eigenvalue weighted by Crippen LogP contribution is -2.46. The summed E-state index contributed by atoms with van der Waals surface area (Å²) < 4.78 is 7.88. The summed E-state index contributed by atoms with van der Waals surface area (Å²) in [5.74, 6) is 0.00338. The van der Waals surface area contributed by atoms with E-state index in [-0.39, 0.29) is 23.9 Å². The zero-order valence-electron chi connectivity index (χ0n) is 17.1. The van der Waals surface area contributed by atoms with E-state index in [1.54, 1.807) is 23.1 Å². The van der Waals surface area contributed by atoms with Crippen LogP contribution in [0.15, 0.2) is 55.0 Å². The molecule has 1 amide bonds. The Bertz CT molecular complexity index is 1000. The van der Waals surface area contributed by atoms with Gasteiger partial charge in [-0.05, 0) is 24.5 Å². The standard InChI is InChI=1S/C23H27N5O2/c1-28-14-18(13-26-28)17-11-19(22(24)25-12-17)23(29)27-20-9-5-6-10-21(20)30-15-16-7-3-2-4-8-16/h2-4,7-8,11-14,20-21H,5-6,9-10,15H2,1H3,(H2,24,25)(H,27,29)/t20-,21-/m1/s1. The highest BCUT2D eigenvalue weighted by Gasteiger charge is 2.28. The fourth-order valence-electron chi connectivity index (χ4n) is 3.87. The highest BCUT2D eigenvalue weighted by Crippen LogP contribution is 2.25. The first kappa shape index (κ1) is 20.1. The number of rotatable bonds is 6. The zero-order valence-corrected chi connectivity index (χ0v) is 17.1. The Morgan fingerprint density at radius 1 is 1.20 bits per heavy atom. The number of pyridine rings is 1. The third-order valence-corrected chi connectivity index (χ3v) is 5.53. The van der Waals surface area contributed by atoms with Gasteiger partial charge < -0.3 is 15.8 Å². The van der Waals surface area contributed by atoms with Crippen molar-refractivity contribution in [2.24, 2.45) is 7.05 Å². The van der Waals surface area contributed by atoms with E-state index < -0.39 is 0 Å². The number of carbonyl (C=O) groups excluding carboxylic acids is 1. The summed E-state index contributed by atoms with van der Waals surface area (Å²) in [7, 11) is 1.85. The van der Waals surface area contributed by atoms with Crippen molar-refractivity contribution in [3.05, 3.63) is 66.1 Å². The van der Waals surface area contributed by atoms with E-state index >= 15 is 0 Å². The number of aromatic nitrogens is 3. The van der Waals surface area contributed by atoms with Crippen molar-refractivity contribution in [1.82, 2.24) is 20.1 Å². The average molecular weight is 406 g/mol. The van der Waals surface area contributed by atoms with E-state index in [0.29, 0.717) is 12.2 Å². The Morgan fingerprint density at radius 3 is 2.77 bits per heavy atom. The molecule has 0 aliphatic heterocycles. The summed E-state index contributed by atoms with van der Waals surface area (Å²) in [5, 5.41) is 7.32. The van der Waals surface area contributed by atoms with Gasteiger partial charge in [0.15, 0.2) is 0 Å². The molecule has 30 heavy (non-hydrogen) atoms. The van der Waals surface area contributed by atoms with Crippen LogP contribution in [0.3, 0.4) is 0 Å². The molecule has 3 aromatic rings. The number of amides is 1. The molecule has 156 valence electrons. The van der Waals surface area contributed by atoms with Crippen molar-refractivity contribution in [3.8, 4) is 11.1 Å². The number of anilines is 1. The summed E-state index contributed by atoms with van der Waals surface area (Å²) in [4.78, 5) is 17.3. The summed E-state index contributed by atoms with van der Waals surface area (Å²) in [5.41, 5.74) is 9.23. The monoisotopic (exact) mass is 405 g/mol. The van der Waals surface area contributed by atoms with Crippen LogP contribution in [0.1, 0.15) is 41.6 Å². The third kappa shape index (κ3) is 4.68. The van der Waals surface area contributed by atoms with E-state index in [1.165, 1.54) is 0 Å². The highest BCUT2D eigenvalue weighted by molar-refractivity contribution is 5.99. The van der Waals surface area contributed by atoms with Gasteiger partial charge in [-0.25, -0.2) is 4.98 Å². The molecule has 7 heteroatoms. The number of hydrogen-bond donors (Lipinski definition) is 2. The Kier molecular flexibility index (Phi) is 6.09. The van der Waals surface area contributed by atoms with Crippen LogP contribution in [0.4, 0.5) is 5.82 Å². The molecule has 0 unspecified atom stereocenters. The minimum atomic E-state index is -0.217. The van der Waals surface area contributed by atoms with Crippen LogP contribution < -0.4 is 11.1 Å². The number of benzene rings is 1. The van der Waals surface area contributed by atoms with Crippen LogP contribution in [-0.2, 0) is 18.4 Å². The largest absolute Gasteiger partial charge is 0.383 e. The SMILES string of the molecule is Cn1cc(-c2cnc(N)c(C(=O)N[C@@H]3CCCC[C@H]3OCc3ccccc3)c2)cn1. The summed E-state index contributed by atoms with van der Waals surface area (Å²) in [6, 6.07) is 11.8. The van der Waals surface area contributed by atoms with Gasteiger partial charge in [-0.15, -0.1) is 0 Å². The molecule has 1 aliphatic rings. The maximum Gasteiger partial charge on any atom is 0.255 e. The lowest BCUT2D eigenvalue weighted by molar-refractivity contribution is -0.00460. The second-order valence-corrected chi connectivity index (χ2v) is 7.76. The number of nitrogen functional groups attached to an aromatic ring is 1. The average Bonchev–Trinajstić information content (AvgIpc) is 3.20. The molecule has 0 radical (unpaired) electrons. The van der Waals surface area contributed by atoms with E-state index in [4.69, 9.17) is 10.5 Å². The predicted octanol–water partition coefficient (Wildman–Crippen LogP) is 3.32. The van der Waals surface area contributed by atoms with Gasteiger partial charge in [0.05, 0.1) is 30.5 Å². The lowest BCUT2D eigenvalue weighted by Gasteiger charge is -2.32. The number of nitrogens with zero attached hydrogens (tertiary/aromatic N) is 3. The molecule has 0 bridgehead atoms. The van der Waals surface area contributed by atoms with Gasteiger partial charge in [0.1, 0.15) is 5.82 Å². The Morgan fingerprint density at radius 2 is 2.00 bits per heavy atom. The Hall–Kier alpha value is -3.19. The van der Waals surface area contributed by atoms with Gasteiger partial charge in [0.2, 0.25) is 0 Å². The first-order chi connectivity index (χ1) is 14.6. The van der Waals surface area contributed by atoms with Crippen LogP contribution in [-0.4, -0.2) is 32.8 Å². The van der Waals surface area contributed by atoms with Gasteiger partial charge in [0.25, 0.3) is 5.91 Å². The van der Waals surface area contributed by atoms with Crippen molar-refractivity contribution >= 4 is 11.7 Å². The quantitative estimate of drug-likeness (QED) is 0.656. The van der Waals surface area contributed by atoms with Gasteiger partial charge in [-0.3, -0.25) is 9.48 Å². The molecule has 0 spiro atoms. The van der Waals surface area contributed by atoms with Gasteiger partial charge in [0, 0.05) is 30.6 Å². The molecule has 1 aromatic carbocycles. The van der Waals surface area contributed by atoms with Crippen LogP contribution in [0, 0.1) is 0 Å². The number of hydrogen-bond acceptors (Lipinski definition) is 5. The number of ether oxygens (including phenoxy) is 1. The first-order valence-electron chi connectivity index (χ1n) is 10.3. The molecule has 2 atom stereocenters. The van der Waals surface area contributed by atoms with Crippen LogP contribution in [0.2, 0.25) is 0 Å². The van der Waals surface area contributed by atoms with Gasteiger partial charge >= 0.3 is 0 Å². The molecule has 1 fully saturated rings. The fraction of sp³-hybridized carbons (Fsp3) is 0.348. The predicted molar refractivity (Wildman–Crippen MR) is 116 cm³/mol. The molecule has 3 N–H and O–H groups in total. The summed E-state index contributed by atoms with van der Waals surface area (Å²) in [6.45, 7) is 0.540. The maximum absolute atomic E-state index is 13.0. The molecule has 2 aromatic heterocycles. The number of aryl methyl sites for hydroxylation is 1. The van der Waals surface area contributed by atoms with E-state index in [2.05, 4.69) is 15.4 Å². The Labute approximate surface area is 176 Å². The van der Waals surface area contributed by atoms with Crippen LogP contribution in [0.25, 0.3) is 11.1 Å². The summed E-state index contributed by atoms with van der Waals surface area (Å²) in [6.07, 6.45) is 9.26. The molecule has 4 rings (SSSR count). The molecule has 1 saturated carbocycles. The van der Waals surface area contributed by atoms with Crippen molar-refractivity contribution < 1.29 is 9.53 Å². The second-order valence-electron chi connectivity index (χ2n) is 7.76. The van der Waals surface area contributed by atoms with Crippen molar-refractivity contribution in [3.63, 3.8) is 0 Å². The van der Waals surface area contributed by atoms with Crippen LogP contribution in [0.5, 0.6) is 0 Å². The second kappa shape index (κ2) is 9.09. The van der Waals surface area contributed by atoms with Crippen molar-refractivity contribution in [2.75, 3.05) is 5.73 Å². The van der Waals surface area contributed by atoms with E-state index in [1.807, 2.05) is 43.6 Å². The third-order valence-electron chi connectivity index (χ3n) is 5.53. The summed E-state index contributed by atoms with van der Waals surface area (Å²) >= 11 is 0. The zero-order chi connectivity index (χ0) is 20.9. The van der Waals surface area contributed by atoms with E-state index in [0.717, 1.165) is 42.4 Å². The van der Waals surface area contributed by atoms with Crippen LogP contribution >= 0.6 is 0 Å². The Balaban J connectivity index is 1.46. The number of carbonyl (C=O) groups is 1. The molecule has 2 heterocycles. The number of nitrogens with one attached hydrogen (secondary N) is 1. The maximum atomic E-state index is 13.0.